The molecule has 2 aliphatic rings. The maximum Gasteiger partial charge on any atom is 0.193 e. The number of hydrogen-bond acceptors (Lipinski definition) is 3. The summed E-state index contributed by atoms with van der Waals surface area (Å²) in [5, 5.41) is 3.32. The van der Waals surface area contributed by atoms with Crippen molar-refractivity contribution in [2.24, 2.45) is 16.1 Å². The molecule has 1 fully saturated rings. The molecule has 0 saturated carbocycles. The van der Waals surface area contributed by atoms with Gasteiger partial charge in [-0.25, -0.2) is 0 Å². The molecule has 0 spiro atoms. The number of nitrogens with two attached hydrogens (primary N) is 1. The zero-order valence-corrected chi connectivity index (χ0v) is 17.4. The van der Waals surface area contributed by atoms with Gasteiger partial charge in [0.2, 0.25) is 0 Å². The summed E-state index contributed by atoms with van der Waals surface area (Å²) < 4.78 is 10.9. The third-order valence-corrected chi connectivity index (χ3v) is 5.25. The number of anilines is 1. The topological polar surface area (TPSA) is 68.9 Å². The largest absolute Gasteiger partial charge is 0.384 e. The van der Waals surface area contributed by atoms with Crippen molar-refractivity contribution in [3.63, 3.8) is 0 Å². The van der Waals surface area contributed by atoms with Gasteiger partial charge in [-0.15, -0.1) is 24.0 Å². The fourth-order valence-corrected chi connectivity index (χ4v) is 3.79. The van der Waals surface area contributed by atoms with Crippen molar-refractivity contribution in [2.45, 2.75) is 38.5 Å². The Morgan fingerprint density at radius 1 is 1.28 bits per heavy atom. The number of nitrogens with one attached hydrogen (secondary N) is 1. The third kappa shape index (κ3) is 5.31. The zero-order valence-electron chi connectivity index (χ0n) is 15.1. The first kappa shape index (κ1) is 20.5. The van der Waals surface area contributed by atoms with E-state index < -0.39 is 0 Å². The first-order valence-corrected chi connectivity index (χ1v) is 8.97. The number of guanidine groups is 1. The van der Waals surface area contributed by atoms with Gasteiger partial charge in [0, 0.05) is 31.4 Å². The molecule has 5 nitrogen and oxygen atoms in total. The van der Waals surface area contributed by atoms with Crippen molar-refractivity contribution >= 4 is 35.6 Å². The minimum Gasteiger partial charge on any atom is -0.384 e. The summed E-state index contributed by atoms with van der Waals surface area (Å²) in [6.07, 6.45) is 6.76. The predicted octanol–water partition coefficient (Wildman–Crippen LogP) is 3.35. The Kier molecular flexibility index (Phi) is 7.96. The summed E-state index contributed by atoms with van der Waals surface area (Å²) in [6, 6.07) is 6.43. The van der Waals surface area contributed by atoms with Gasteiger partial charge in [-0.1, -0.05) is 12.1 Å². The van der Waals surface area contributed by atoms with Gasteiger partial charge in [0.15, 0.2) is 5.96 Å². The standard InChI is InChI=1S/C19H29N3O2.HI/c1-23-14-19(9-11-24-12-10-19)13-21-18(20)22-17-8-4-6-15-5-2-3-7-16(15)17;/h4,6,8H,2-3,5,7,9-14H2,1H3,(H3,20,21,22);1H. The summed E-state index contributed by atoms with van der Waals surface area (Å²) in [7, 11) is 1.75. The second-order valence-electron chi connectivity index (χ2n) is 7.02. The van der Waals surface area contributed by atoms with E-state index in [-0.39, 0.29) is 29.4 Å². The van der Waals surface area contributed by atoms with Crippen LogP contribution in [0, 0.1) is 5.41 Å². The van der Waals surface area contributed by atoms with E-state index in [0.717, 1.165) is 38.2 Å². The Morgan fingerprint density at radius 2 is 2.04 bits per heavy atom. The summed E-state index contributed by atoms with van der Waals surface area (Å²) in [6.45, 7) is 2.93. The van der Waals surface area contributed by atoms with Crippen LogP contribution in [0.4, 0.5) is 5.69 Å². The van der Waals surface area contributed by atoms with E-state index in [1.54, 1.807) is 7.11 Å². The number of ether oxygens (including phenoxy) is 2. The van der Waals surface area contributed by atoms with Crippen molar-refractivity contribution < 1.29 is 9.47 Å². The van der Waals surface area contributed by atoms with Gasteiger partial charge in [0.1, 0.15) is 0 Å². The monoisotopic (exact) mass is 459 g/mol. The molecule has 0 atom stereocenters. The van der Waals surface area contributed by atoms with Gasteiger partial charge >= 0.3 is 0 Å². The molecule has 0 aromatic heterocycles. The van der Waals surface area contributed by atoms with Crippen LogP contribution in [0.25, 0.3) is 0 Å². The minimum absolute atomic E-state index is 0. The molecule has 25 heavy (non-hydrogen) atoms. The van der Waals surface area contributed by atoms with Gasteiger partial charge in [-0.2, -0.15) is 0 Å². The highest BCUT2D eigenvalue weighted by molar-refractivity contribution is 14.0. The van der Waals surface area contributed by atoms with Crippen LogP contribution in [0.2, 0.25) is 0 Å². The number of benzene rings is 1. The lowest BCUT2D eigenvalue weighted by molar-refractivity contribution is -0.0222. The van der Waals surface area contributed by atoms with Crippen LogP contribution in [-0.4, -0.2) is 39.4 Å². The van der Waals surface area contributed by atoms with Gasteiger partial charge in [-0.3, -0.25) is 4.99 Å². The quantitative estimate of drug-likeness (QED) is 0.403. The average molecular weight is 459 g/mol. The molecule has 3 N–H and O–H groups in total. The van der Waals surface area contributed by atoms with E-state index in [1.807, 2.05) is 0 Å². The number of aryl methyl sites for hydroxylation is 1. The third-order valence-electron chi connectivity index (χ3n) is 5.25. The van der Waals surface area contributed by atoms with Crippen molar-refractivity contribution in [1.82, 2.24) is 0 Å². The van der Waals surface area contributed by atoms with E-state index in [4.69, 9.17) is 15.2 Å². The SMILES string of the molecule is COCC1(CN=C(N)Nc2cccc3c2CCCC3)CCOCC1.I. The molecule has 1 aromatic carbocycles. The van der Waals surface area contributed by atoms with Crippen molar-refractivity contribution in [3.8, 4) is 0 Å². The second-order valence-corrected chi connectivity index (χ2v) is 7.02. The van der Waals surface area contributed by atoms with Crippen LogP contribution in [0.3, 0.4) is 0 Å². The van der Waals surface area contributed by atoms with E-state index in [9.17, 15) is 0 Å². The molecule has 1 aromatic rings. The Balaban J connectivity index is 0.00000225. The molecule has 1 saturated heterocycles. The van der Waals surface area contributed by atoms with Gasteiger partial charge in [0.05, 0.1) is 13.2 Å². The Hall–Kier alpha value is -0.860. The minimum atomic E-state index is 0. The number of nitrogens with zero attached hydrogens (tertiary/aromatic N) is 1. The van der Waals surface area contributed by atoms with Crippen molar-refractivity contribution in [1.29, 1.82) is 0 Å². The lowest BCUT2D eigenvalue weighted by Gasteiger charge is -2.35. The molecule has 0 unspecified atom stereocenters. The molecule has 3 rings (SSSR count). The van der Waals surface area contributed by atoms with Crippen LogP contribution >= 0.6 is 24.0 Å². The first-order valence-electron chi connectivity index (χ1n) is 8.97. The number of fused-ring (bicyclic) bond motifs is 1. The van der Waals surface area contributed by atoms with E-state index >= 15 is 0 Å². The normalized spacial score (nSPS) is 19.6. The second kappa shape index (κ2) is 9.73. The predicted molar refractivity (Wildman–Crippen MR) is 113 cm³/mol. The van der Waals surface area contributed by atoms with Gasteiger partial charge in [0.25, 0.3) is 0 Å². The van der Waals surface area contributed by atoms with Crippen molar-refractivity contribution in [3.05, 3.63) is 29.3 Å². The maximum absolute atomic E-state index is 6.18. The Morgan fingerprint density at radius 3 is 2.80 bits per heavy atom. The molecule has 1 heterocycles. The molecule has 1 aliphatic carbocycles. The first-order chi connectivity index (χ1) is 11.7. The highest BCUT2D eigenvalue weighted by Gasteiger charge is 2.32. The average Bonchev–Trinajstić information content (AvgIpc) is 2.62. The molecule has 0 amide bonds. The van der Waals surface area contributed by atoms with Crippen molar-refractivity contribution in [2.75, 3.05) is 38.8 Å². The molecular weight excluding hydrogens is 429 g/mol. The summed E-state index contributed by atoms with van der Waals surface area (Å²) in [5.41, 5.74) is 10.2. The molecule has 0 bridgehead atoms. The summed E-state index contributed by atoms with van der Waals surface area (Å²) in [4.78, 5) is 4.63. The fraction of sp³-hybridized carbons (Fsp3) is 0.632. The zero-order chi connectivity index (χ0) is 16.8. The molecule has 140 valence electrons. The van der Waals surface area contributed by atoms with E-state index in [0.29, 0.717) is 19.1 Å². The van der Waals surface area contributed by atoms with Crippen LogP contribution in [0.1, 0.15) is 36.8 Å². The fourth-order valence-electron chi connectivity index (χ4n) is 3.79. The van der Waals surface area contributed by atoms with Crippen LogP contribution in [-0.2, 0) is 22.3 Å². The van der Waals surface area contributed by atoms with Crippen LogP contribution < -0.4 is 11.1 Å². The number of methoxy groups -OCH3 is 1. The van der Waals surface area contributed by atoms with Gasteiger partial charge in [-0.05, 0) is 55.7 Å². The number of aliphatic imine (C=N–C) groups is 1. The number of hydrogen-bond donors (Lipinski definition) is 2. The molecule has 6 heteroatoms. The molecule has 0 radical (unpaired) electrons. The lowest BCUT2D eigenvalue weighted by Crippen LogP contribution is -2.37. The summed E-state index contributed by atoms with van der Waals surface area (Å²) >= 11 is 0. The van der Waals surface area contributed by atoms with E-state index in [1.165, 1.54) is 30.4 Å². The highest BCUT2D eigenvalue weighted by Crippen LogP contribution is 2.31. The molecular formula is C19H30IN3O2. The number of halogens is 1. The lowest BCUT2D eigenvalue weighted by atomic mass is 9.81. The van der Waals surface area contributed by atoms with Gasteiger partial charge < -0.3 is 20.5 Å². The number of rotatable bonds is 5. The van der Waals surface area contributed by atoms with Crippen LogP contribution in [0.5, 0.6) is 0 Å². The smallest absolute Gasteiger partial charge is 0.193 e. The Bertz CT molecular complexity index is 581. The highest BCUT2D eigenvalue weighted by atomic mass is 127. The Labute approximate surface area is 167 Å². The maximum atomic E-state index is 6.18. The molecule has 1 aliphatic heterocycles. The van der Waals surface area contributed by atoms with Crippen LogP contribution in [0.15, 0.2) is 23.2 Å². The summed E-state index contributed by atoms with van der Waals surface area (Å²) in [5.74, 6) is 0.496. The van der Waals surface area contributed by atoms with E-state index in [2.05, 4.69) is 28.5 Å².